The fourth-order valence-corrected chi connectivity index (χ4v) is 2.05. The van der Waals surface area contributed by atoms with Crippen molar-refractivity contribution in [3.63, 3.8) is 0 Å². The van der Waals surface area contributed by atoms with Crippen molar-refractivity contribution in [3.05, 3.63) is 71.4 Å². The predicted octanol–water partition coefficient (Wildman–Crippen LogP) is 0.822. The fourth-order valence-electron chi connectivity index (χ4n) is 2.05. The maximum absolute atomic E-state index is 12.1. The number of likely N-dealkylation sites (N-methyl/N-ethyl adjacent to an activating group) is 1. The number of nitrogens with zero attached hydrogens (tertiary/aromatic N) is 3. The van der Waals surface area contributed by atoms with E-state index in [1.165, 1.54) is 21.7 Å². The monoisotopic (exact) mass is 326 g/mol. The van der Waals surface area contributed by atoms with Crippen molar-refractivity contribution in [2.75, 3.05) is 18.5 Å². The molecule has 0 aliphatic heterocycles. The Morgan fingerprint density at radius 1 is 1.33 bits per heavy atom. The van der Waals surface area contributed by atoms with Crippen LogP contribution in [0.1, 0.15) is 10.4 Å². The third kappa shape index (κ3) is 4.16. The van der Waals surface area contributed by atoms with Crippen molar-refractivity contribution in [2.24, 2.45) is 0 Å². The number of aromatic nitrogens is 2. The molecule has 124 valence electrons. The molecule has 1 aromatic heterocycles. The number of carbonyl (C=O) groups excluding carboxylic acids is 2. The third-order valence-electron chi connectivity index (χ3n) is 3.44. The number of benzene rings is 1. The Balaban J connectivity index is 1.93. The van der Waals surface area contributed by atoms with E-state index in [9.17, 15) is 14.4 Å². The Bertz CT molecular complexity index is 796. The number of anilines is 1. The average Bonchev–Trinajstić information content (AvgIpc) is 2.62. The lowest BCUT2D eigenvalue weighted by Crippen LogP contribution is -2.31. The van der Waals surface area contributed by atoms with E-state index in [-0.39, 0.29) is 17.5 Å². The lowest BCUT2D eigenvalue weighted by molar-refractivity contribution is -0.113. The summed E-state index contributed by atoms with van der Waals surface area (Å²) in [6.07, 6.45) is 4.26. The normalized spacial score (nSPS) is 10.0. The van der Waals surface area contributed by atoms with Gasteiger partial charge >= 0.3 is 5.69 Å². The molecule has 0 spiro atoms. The van der Waals surface area contributed by atoms with Crippen LogP contribution in [0.25, 0.3) is 0 Å². The van der Waals surface area contributed by atoms with E-state index in [2.05, 4.69) is 16.9 Å². The van der Waals surface area contributed by atoms with Crippen LogP contribution < -0.4 is 15.9 Å². The van der Waals surface area contributed by atoms with E-state index in [1.54, 1.807) is 43.6 Å². The predicted molar refractivity (Wildman–Crippen MR) is 90.9 cm³/mol. The van der Waals surface area contributed by atoms with E-state index < -0.39 is 0 Å². The summed E-state index contributed by atoms with van der Waals surface area (Å²) >= 11 is 0. The number of hydrogen-bond donors (Lipinski definition) is 1. The highest BCUT2D eigenvalue weighted by Crippen LogP contribution is 2.14. The Hall–Kier alpha value is -3.22. The van der Waals surface area contributed by atoms with Crippen LogP contribution in [0.3, 0.4) is 0 Å². The molecular formula is C17H18N4O3. The molecule has 0 radical (unpaired) electrons. The summed E-state index contributed by atoms with van der Waals surface area (Å²) in [5.74, 6) is -0.481. The quantitative estimate of drug-likeness (QED) is 0.797. The van der Waals surface area contributed by atoms with Gasteiger partial charge in [0.25, 0.3) is 5.91 Å². The highest BCUT2D eigenvalue weighted by atomic mass is 16.2. The van der Waals surface area contributed by atoms with Crippen LogP contribution >= 0.6 is 0 Å². The molecule has 7 nitrogen and oxygen atoms in total. The largest absolute Gasteiger partial charge is 0.350 e. The molecule has 2 amide bonds. The fraction of sp³-hybridized carbons (Fsp3) is 0.176. The average molecular weight is 326 g/mol. The molecular weight excluding hydrogens is 308 g/mol. The van der Waals surface area contributed by atoms with Crippen LogP contribution in [-0.4, -0.2) is 35.0 Å². The highest BCUT2D eigenvalue weighted by molar-refractivity contribution is 6.01. The van der Waals surface area contributed by atoms with Gasteiger partial charge in [-0.25, -0.2) is 9.78 Å². The summed E-state index contributed by atoms with van der Waals surface area (Å²) in [5.41, 5.74) is 0.779. The first-order chi connectivity index (χ1) is 11.5. The zero-order chi connectivity index (χ0) is 17.5. The summed E-state index contributed by atoms with van der Waals surface area (Å²) in [7, 11) is 1.63. The van der Waals surface area contributed by atoms with E-state index >= 15 is 0 Å². The summed E-state index contributed by atoms with van der Waals surface area (Å²) in [6, 6.07) is 8.29. The van der Waals surface area contributed by atoms with Gasteiger partial charge in [-0.3, -0.25) is 14.2 Å². The SMILES string of the molecule is C=CC(=O)N(C)c1ccc(C(=O)NCCn2cccnc2=O)cc1. The molecule has 1 aromatic carbocycles. The molecule has 0 aliphatic carbocycles. The van der Waals surface area contributed by atoms with Crippen molar-refractivity contribution < 1.29 is 9.59 Å². The molecule has 7 heteroatoms. The molecule has 1 heterocycles. The molecule has 0 aliphatic rings. The van der Waals surface area contributed by atoms with Crippen LogP contribution in [0.15, 0.2) is 60.2 Å². The smallest absolute Gasteiger partial charge is 0.347 e. The van der Waals surface area contributed by atoms with Gasteiger partial charge in [0.1, 0.15) is 0 Å². The second-order valence-electron chi connectivity index (χ2n) is 5.00. The Labute approximate surface area is 139 Å². The Morgan fingerprint density at radius 2 is 2.04 bits per heavy atom. The Morgan fingerprint density at radius 3 is 2.67 bits per heavy atom. The van der Waals surface area contributed by atoms with Gasteiger partial charge < -0.3 is 10.2 Å². The number of carbonyl (C=O) groups is 2. The zero-order valence-corrected chi connectivity index (χ0v) is 13.3. The van der Waals surface area contributed by atoms with Crippen LogP contribution in [0.4, 0.5) is 5.69 Å². The molecule has 1 N–H and O–H groups in total. The molecule has 0 fully saturated rings. The summed E-state index contributed by atoms with van der Waals surface area (Å²) in [4.78, 5) is 40.1. The van der Waals surface area contributed by atoms with Gasteiger partial charge in [-0.1, -0.05) is 6.58 Å². The van der Waals surface area contributed by atoms with Crippen LogP contribution in [0.2, 0.25) is 0 Å². The van der Waals surface area contributed by atoms with Gasteiger partial charge in [-0.05, 0) is 36.4 Å². The molecule has 0 atom stereocenters. The minimum Gasteiger partial charge on any atom is -0.350 e. The molecule has 0 bridgehead atoms. The maximum Gasteiger partial charge on any atom is 0.347 e. The number of rotatable bonds is 6. The minimum absolute atomic E-state index is 0.228. The highest BCUT2D eigenvalue weighted by Gasteiger charge is 2.09. The van der Waals surface area contributed by atoms with Gasteiger partial charge in [-0.2, -0.15) is 0 Å². The molecule has 0 saturated carbocycles. The van der Waals surface area contributed by atoms with E-state index in [0.29, 0.717) is 24.3 Å². The van der Waals surface area contributed by atoms with Gasteiger partial charge in [0.15, 0.2) is 0 Å². The van der Waals surface area contributed by atoms with Crippen molar-refractivity contribution in [1.29, 1.82) is 0 Å². The lowest BCUT2D eigenvalue weighted by Gasteiger charge is -2.15. The zero-order valence-electron chi connectivity index (χ0n) is 13.3. The van der Waals surface area contributed by atoms with Gasteiger partial charge in [0.2, 0.25) is 5.91 Å². The van der Waals surface area contributed by atoms with E-state index in [0.717, 1.165) is 0 Å². The molecule has 2 rings (SSSR count). The maximum atomic E-state index is 12.1. The van der Waals surface area contributed by atoms with E-state index in [1.807, 2.05) is 0 Å². The van der Waals surface area contributed by atoms with Crippen LogP contribution in [-0.2, 0) is 11.3 Å². The second kappa shape index (κ2) is 7.87. The number of nitrogens with one attached hydrogen (secondary N) is 1. The van der Waals surface area contributed by atoms with Crippen molar-refractivity contribution in [3.8, 4) is 0 Å². The molecule has 24 heavy (non-hydrogen) atoms. The van der Waals surface area contributed by atoms with E-state index in [4.69, 9.17) is 0 Å². The van der Waals surface area contributed by atoms with Crippen molar-refractivity contribution in [1.82, 2.24) is 14.9 Å². The molecule has 0 unspecified atom stereocenters. The first kappa shape index (κ1) is 17.1. The first-order valence-electron chi connectivity index (χ1n) is 7.33. The first-order valence-corrected chi connectivity index (χ1v) is 7.33. The third-order valence-corrected chi connectivity index (χ3v) is 3.44. The lowest BCUT2D eigenvalue weighted by atomic mass is 10.2. The van der Waals surface area contributed by atoms with Gasteiger partial charge in [0, 0.05) is 43.8 Å². The summed E-state index contributed by atoms with van der Waals surface area (Å²) in [5, 5.41) is 2.73. The Kier molecular flexibility index (Phi) is 5.62. The van der Waals surface area contributed by atoms with Gasteiger partial charge in [0.05, 0.1) is 0 Å². The minimum atomic E-state index is -0.356. The standard InChI is InChI=1S/C17H18N4O3/c1-3-15(22)20(2)14-7-5-13(6-8-14)16(23)18-10-12-21-11-4-9-19-17(21)24/h3-9,11H,1,10,12H2,2H3,(H,18,23). The number of amides is 2. The number of hydrogen-bond acceptors (Lipinski definition) is 4. The molecule has 2 aromatic rings. The van der Waals surface area contributed by atoms with Crippen molar-refractivity contribution >= 4 is 17.5 Å². The molecule has 0 saturated heterocycles. The van der Waals surface area contributed by atoms with Gasteiger partial charge in [-0.15, -0.1) is 0 Å². The second-order valence-corrected chi connectivity index (χ2v) is 5.00. The summed E-state index contributed by atoms with van der Waals surface area (Å²) < 4.78 is 1.42. The summed E-state index contributed by atoms with van der Waals surface area (Å²) in [6.45, 7) is 4.08. The van der Waals surface area contributed by atoms with Crippen molar-refractivity contribution in [2.45, 2.75) is 6.54 Å². The van der Waals surface area contributed by atoms with Crippen LogP contribution in [0, 0.1) is 0 Å². The van der Waals surface area contributed by atoms with Crippen LogP contribution in [0.5, 0.6) is 0 Å². The topological polar surface area (TPSA) is 84.3 Å².